The summed E-state index contributed by atoms with van der Waals surface area (Å²) in [5, 5.41) is 3.58. The highest BCUT2D eigenvalue weighted by atomic mass is 16.1. The second-order valence-electron chi connectivity index (χ2n) is 9.87. The van der Waals surface area contributed by atoms with E-state index in [2.05, 4.69) is 60.8 Å². The van der Waals surface area contributed by atoms with Crippen LogP contribution in [0.25, 0.3) is 0 Å². The molecule has 2 aliphatic carbocycles. The Balaban J connectivity index is 1.30. The van der Waals surface area contributed by atoms with Gasteiger partial charge in [0.05, 0.1) is 0 Å². The van der Waals surface area contributed by atoms with Gasteiger partial charge in [-0.25, -0.2) is 0 Å². The number of ketones is 1. The van der Waals surface area contributed by atoms with Crippen LogP contribution in [0, 0.1) is 12.8 Å². The number of rotatable bonds is 4. The van der Waals surface area contributed by atoms with Gasteiger partial charge in [0, 0.05) is 42.2 Å². The second kappa shape index (κ2) is 8.70. The van der Waals surface area contributed by atoms with Crippen molar-refractivity contribution in [3.05, 3.63) is 76.6 Å². The Morgan fingerprint density at radius 3 is 2.87 bits per heavy atom. The third-order valence-electron chi connectivity index (χ3n) is 7.97. The van der Waals surface area contributed by atoms with Crippen LogP contribution in [0.1, 0.15) is 73.4 Å². The monoisotopic (exact) mass is 414 g/mol. The molecule has 1 aromatic carbocycles. The van der Waals surface area contributed by atoms with Crippen LogP contribution >= 0.6 is 0 Å². The maximum Gasteiger partial charge on any atom is 0.142 e. The van der Waals surface area contributed by atoms with Crippen molar-refractivity contribution in [2.45, 2.75) is 69.6 Å². The molecular weight excluding hydrogens is 380 g/mol. The maximum atomic E-state index is 13.6. The van der Waals surface area contributed by atoms with Gasteiger partial charge in [-0.1, -0.05) is 48.0 Å². The number of aromatic nitrogens is 1. The Labute approximate surface area is 186 Å². The van der Waals surface area contributed by atoms with Gasteiger partial charge in [-0.05, 0) is 75.0 Å². The largest absolute Gasteiger partial charge is 0.315 e. The molecule has 1 spiro atoms. The Morgan fingerprint density at radius 2 is 2.00 bits per heavy atom. The lowest BCUT2D eigenvalue weighted by Gasteiger charge is -2.39. The third-order valence-corrected chi connectivity index (χ3v) is 7.97. The van der Waals surface area contributed by atoms with Gasteiger partial charge in [-0.2, -0.15) is 0 Å². The van der Waals surface area contributed by atoms with Crippen molar-refractivity contribution in [3.63, 3.8) is 0 Å². The molecule has 1 aromatic heterocycles. The summed E-state index contributed by atoms with van der Waals surface area (Å²) in [6.45, 7) is 3.79. The highest BCUT2D eigenvalue weighted by molar-refractivity contribution is 5.86. The predicted octanol–water partition coefficient (Wildman–Crippen LogP) is 5.43. The number of allylic oxidation sites excluding steroid dienone is 2. The van der Waals surface area contributed by atoms with Crippen LogP contribution in [-0.4, -0.2) is 23.9 Å². The van der Waals surface area contributed by atoms with Crippen molar-refractivity contribution in [3.8, 4) is 0 Å². The highest BCUT2D eigenvalue weighted by Crippen LogP contribution is 2.46. The average Bonchev–Trinajstić information content (AvgIpc) is 3.05. The number of nitrogens with zero attached hydrogens (tertiary/aromatic N) is 1. The molecule has 1 N–H and O–H groups in total. The summed E-state index contributed by atoms with van der Waals surface area (Å²) in [6.07, 6.45) is 10.8. The van der Waals surface area contributed by atoms with E-state index in [9.17, 15) is 4.79 Å². The van der Waals surface area contributed by atoms with E-state index in [-0.39, 0.29) is 11.3 Å². The van der Waals surface area contributed by atoms with Crippen molar-refractivity contribution in [2.24, 2.45) is 5.92 Å². The van der Waals surface area contributed by atoms with E-state index in [1.165, 1.54) is 28.8 Å². The first kappa shape index (κ1) is 20.6. The first-order valence-electron chi connectivity index (χ1n) is 12.1. The lowest BCUT2D eigenvalue weighted by molar-refractivity contribution is -0.123. The zero-order valence-corrected chi connectivity index (χ0v) is 18.7. The standard InChI is InChI=1S/C28H34N2O/c1-20-12-15-24-26(30-20)11-6-16-28(24)19-29-18-25(28)27(31)17-21-7-5-10-23(14-13-21)22-8-3-2-4-9-22/h2-4,7-9,12,15,23,25,29H,5-6,10-11,13-14,16-19H2,1H3/t23?,25-,28-/m0/s1. The molecule has 1 saturated heterocycles. The van der Waals surface area contributed by atoms with E-state index in [4.69, 9.17) is 4.98 Å². The number of Topliss-reactive ketones (excluding diaryl/α,β-unsaturated/α-hetero) is 1. The summed E-state index contributed by atoms with van der Waals surface area (Å²) in [5.74, 6) is 1.12. The Bertz CT molecular complexity index is 980. The van der Waals surface area contributed by atoms with Gasteiger partial charge in [0.2, 0.25) is 0 Å². The zero-order chi connectivity index (χ0) is 21.3. The van der Waals surface area contributed by atoms with Crippen molar-refractivity contribution in [1.29, 1.82) is 0 Å². The van der Waals surface area contributed by atoms with Gasteiger partial charge in [0.1, 0.15) is 5.78 Å². The summed E-state index contributed by atoms with van der Waals surface area (Å²) in [5.41, 5.74) is 6.41. The summed E-state index contributed by atoms with van der Waals surface area (Å²) in [6, 6.07) is 15.3. The highest BCUT2D eigenvalue weighted by Gasteiger charge is 2.49. The first-order chi connectivity index (χ1) is 15.2. The molecule has 31 heavy (non-hydrogen) atoms. The molecule has 162 valence electrons. The number of nitrogens with one attached hydrogen (secondary N) is 1. The second-order valence-corrected chi connectivity index (χ2v) is 9.87. The van der Waals surface area contributed by atoms with E-state index >= 15 is 0 Å². The molecule has 1 unspecified atom stereocenters. The first-order valence-corrected chi connectivity index (χ1v) is 12.1. The van der Waals surface area contributed by atoms with Crippen molar-refractivity contribution in [1.82, 2.24) is 10.3 Å². The summed E-state index contributed by atoms with van der Waals surface area (Å²) in [4.78, 5) is 18.5. The van der Waals surface area contributed by atoms with Gasteiger partial charge in [0.15, 0.2) is 0 Å². The fourth-order valence-corrected chi connectivity index (χ4v) is 6.35. The molecule has 0 radical (unpaired) electrons. The summed E-state index contributed by atoms with van der Waals surface area (Å²) in [7, 11) is 0. The minimum atomic E-state index is -0.0524. The fourth-order valence-electron chi connectivity index (χ4n) is 6.35. The van der Waals surface area contributed by atoms with Gasteiger partial charge in [-0.15, -0.1) is 0 Å². The van der Waals surface area contributed by atoms with Gasteiger partial charge in [0.25, 0.3) is 0 Å². The van der Waals surface area contributed by atoms with Crippen LogP contribution in [0.15, 0.2) is 54.1 Å². The molecule has 1 fully saturated rings. The van der Waals surface area contributed by atoms with Crippen LogP contribution in [-0.2, 0) is 16.6 Å². The molecule has 3 atom stereocenters. The van der Waals surface area contributed by atoms with E-state index < -0.39 is 0 Å². The van der Waals surface area contributed by atoms with Crippen LogP contribution in [0.3, 0.4) is 0 Å². The number of hydrogen-bond acceptors (Lipinski definition) is 3. The molecule has 3 heteroatoms. The Kier molecular flexibility index (Phi) is 5.79. The summed E-state index contributed by atoms with van der Waals surface area (Å²) >= 11 is 0. The number of benzene rings is 1. The Hall–Kier alpha value is -2.26. The number of hydrogen-bond donors (Lipinski definition) is 1. The number of pyridine rings is 1. The maximum absolute atomic E-state index is 13.6. The lowest BCUT2D eigenvalue weighted by Crippen LogP contribution is -2.42. The van der Waals surface area contributed by atoms with Crippen molar-refractivity contribution >= 4 is 5.78 Å². The molecule has 0 amide bonds. The van der Waals surface area contributed by atoms with Gasteiger partial charge in [-0.3, -0.25) is 9.78 Å². The molecular formula is C28H34N2O. The van der Waals surface area contributed by atoms with Crippen molar-refractivity contribution in [2.75, 3.05) is 13.1 Å². The van der Waals surface area contributed by atoms with Crippen LogP contribution in [0.2, 0.25) is 0 Å². The molecule has 3 nitrogen and oxygen atoms in total. The zero-order valence-electron chi connectivity index (χ0n) is 18.7. The fraction of sp³-hybridized carbons (Fsp3) is 0.500. The molecule has 2 aromatic rings. The quantitative estimate of drug-likeness (QED) is 0.679. The van der Waals surface area contributed by atoms with Gasteiger partial charge >= 0.3 is 0 Å². The molecule has 0 saturated carbocycles. The van der Waals surface area contributed by atoms with E-state index in [0.29, 0.717) is 18.1 Å². The Morgan fingerprint density at radius 1 is 1.13 bits per heavy atom. The minimum absolute atomic E-state index is 0.0524. The van der Waals surface area contributed by atoms with Crippen LogP contribution in [0.4, 0.5) is 0 Å². The number of carbonyl (C=O) groups is 1. The third kappa shape index (κ3) is 4.01. The lowest BCUT2D eigenvalue weighted by atomic mass is 9.64. The number of aryl methyl sites for hydroxylation is 2. The van der Waals surface area contributed by atoms with Crippen molar-refractivity contribution < 1.29 is 4.79 Å². The SMILES string of the molecule is Cc1ccc2c(n1)CCC[C@]21CNC[C@H]1C(=O)CC1=CCCC(c2ccccc2)CC1. The van der Waals surface area contributed by atoms with E-state index in [1.807, 2.05) is 0 Å². The van der Waals surface area contributed by atoms with E-state index in [0.717, 1.165) is 57.3 Å². The van der Waals surface area contributed by atoms with Gasteiger partial charge < -0.3 is 5.32 Å². The normalized spacial score (nSPS) is 28.1. The predicted molar refractivity (Wildman–Crippen MR) is 125 cm³/mol. The summed E-state index contributed by atoms with van der Waals surface area (Å²) < 4.78 is 0. The van der Waals surface area contributed by atoms with E-state index in [1.54, 1.807) is 0 Å². The molecule has 0 bridgehead atoms. The topological polar surface area (TPSA) is 42.0 Å². The van der Waals surface area contributed by atoms with Crippen LogP contribution < -0.4 is 5.32 Å². The molecule has 2 heterocycles. The average molecular weight is 415 g/mol. The molecule has 1 aliphatic heterocycles. The number of carbonyl (C=O) groups excluding carboxylic acids is 1. The number of fused-ring (bicyclic) bond motifs is 2. The van der Waals surface area contributed by atoms with Crippen LogP contribution in [0.5, 0.6) is 0 Å². The molecule has 3 aliphatic rings. The smallest absolute Gasteiger partial charge is 0.142 e. The minimum Gasteiger partial charge on any atom is -0.315 e. The molecule has 5 rings (SSSR count).